The molecule has 6 heteroatoms. The molecule has 89 heavy (non-hydrogen) atoms. The molecule has 0 aliphatic carbocycles. The Labute approximate surface area is 581 Å². The van der Waals surface area contributed by atoms with E-state index in [4.69, 9.17) is 0 Å². The second kappa shape index (κ2) is 42.0. The zero-order chi connectivity index (χ0) is 68.2. The van der Waals surface area contributed by atoms with Gasteiger partial charge in [0.2, 0.25) is 0 Å². The molecule has 498 valence electrons. The SMILES string of the molecule is CC(C)[CH2][Sn]([CH3])([CH3])[c]1ccccc1.CCCC[CH2][Sn]([CH3])([CH3])[c]1ccccc1.CCC[CH2][Sn]([CH2]CCC)([CH2]CCCC(C)(C)C)[c]1ccccc1.Cc1c[c]([Sn]([CH3])([CH3])[CH3])c(C)c(C)c1C.Cc1cc(C)[c]([Sn]([CH3])([CH3])[CH3])c(C)c1.Cc1cc(C)c[c]([Sn]([CH3])([CH3])[CH3])c1. The summed E-state index contributed by atoms with van der Waals surface area (Å²) in [5.74, 6) is 0.853. The minimum atomic E-state index is -2.20. The van der Waals surface area contributed by atoms with Gasteiger partial charge in [-0.15, -0.1) is 0 Å². The Bertz CT molecular complexity index is 2830. The van der Waals surface area contributed by atoms with E-state index in [0.29, 0.717) is 5.41 Å². The van der Waals surface area contributed by atoms with Crippen LogP contribution in [0.15, 0.2) is 127 Å². The number of aryl methyl sites for hydroxylation is 6. The van der Waals surface area contributed by atoms with Gasteiger partial charge in [0.1, 0.15) is 0 Å². The van der Waals surface area contributed by atoms with Crippen molar-refractivity contribution in [3.63, 3.8) is 0 Å². The summed E-state index contributed by atoms with van der Waals surface area (Å²) in [7, 11) is 0. The summed E-state index contributed by atoms with van der Waals surface area (Å²) in [5.41, 5.74) is 13.8. The van der Waals surface area contributed by atoms with Crippen LogP contribution in [0.25, 0.3) is 0 Å². The van der Waals surface area contributed by atoms with E-state index in [1.807, 2.05) is 0 Å². The first-order valence-electron chi connectivity index (χ1n) is 35.5. The molecule has 0 saturated heterocycles. The van der Waals surface area contributed by atoms with Crippen molar-refractivity contribution in [3.05, 3.63) is 177 Å². The molecule has 0 spiro atoms. The van der Waals surface area contributed by atoms with E-state index in [1.165, 1.54) is 118 Å². The zero-order valence-corrected chi connectivity index (χ0v) is 81.4. The average Bonchev–Trinajstić information content (AvgIpc) is 1.75. The van der Waals surface area contributed by atoms with Crippen LogP contribution in [0.4, 0.5) is 0 Å². The monoisotopic (exact) mass is 1860 g/mol. The van der Waals surface area contributed by atoms with Crippen molar-refractivity contribution >= 4 is 132 Å². The predicted octanol–water partition coefficient (Wildman–Crippen LogP) is 23.7. The molecule has 0 aliphatic rings. The molecule has 0 bridgehead atoms. The summed E-state index contributed by atoms with van der Waals surface area (Å²) in [6.45, 7) is 38.9. The number of benzene rings is 6. The summed E-state index contributed by atoms with van der Waals surface area (Å²) < 4.78 is 17.9. The number of hydrogen-bond acceptors (Lipinski definition) is 0. The summed E-state index contributed by atoms with van der Waals surface area (Å²) >= 11 is -11.5. The first-order valence-corrected chi connectivity index (χ1v) is 91.3. The third-order valence-electron chi connectivity index (χ3n) is 18.5. The number of hydrogen-bond donors (Lipinski definition) is 0. The fourth-order valence-corrected chi connectivity index (χ4v) is 62.4. The van der Waals surface area contributed by atoms with E-state index in [1.54, 1.807) is 40.3 Å². The van der Waals surface area contributed by atoms with E-state index in [2.05, 4.69) is 309 Å². The Morgan fingerprint density at radius 3 is 1.12 bits per heavy atom. The van der Waals surface area contributed by atoms with E-state index in [0.717, 1.165) is 5.92 Å². The van der Waals surface area contributed by atoms with Gasteiger partial charge < -0.3 is 0 Å². The molecule has 0 saturated carbocycles. The van der Waals surface area contributed by atoms with Gasteiger partial charge in [0.05, 0.1) is 0 Å². The van der Waals surface area contributed by atoms with Gasteiger partial charge >= 0.3 is 589 Å². The molecule has 6 aromatic rings. The quantitative estimate of drug-likeness (QED) is 0.0469. The Morgan fingerprint density at radius 2 is 0.742 bits per heavy atom. The van der Waals surface area contributed by atoms with Crippen LogP contribution in [-0.4, -0.2) is 110 Å². The van der Waals surface area contributed by atoms with Gasteiger partial charge in [-0.1, -0.05) is 0 Å². The van der Waals surface area contributed by atoms with Gasteiger partial charge in [-0.3, -0.25) is 0 Å². The first-order chi connectivity index (χ1) is 41.1. The molecule has 0 atom stereocenters. The van der Waals surface area contributed by atoms with Crippen LogP contribution < -0.4 is 21.5 Å². The standard InChI is InChI=1S/C10H13.C9H11.C8H9.C8H17.3C6H5.C5H11.3C4H9.13CH3.6Sn/c1-7-5-6-8(2)10(4)9(7)3;1-7-4-8(2)6-9(3)5-7;1-7-4-3-5-8(2)6-7;1-5-6-7-8(2,3)4;3*1-2-4-6-5-3-1;1-3-5-4-2;1-4(2)3;2*1-3-4-2;;;;;;;;;;;;;;;;;;;/h5H,1-4H3;4-5H,1-3H3;4-6H,1-2H3;1,5-7H2,2-4H3;3*1-5H;1,3-5H2,2H3;4H,1H2,2-3H3;2*1,3-4H2,2H3;13*1H3;;;;;;. The van der Waals surface area contributed by atoms with Crippen LogP contribution in [-0.2, 0) is 0 Å². The third-order valence-corrected chi connectivity index (χ3v) is 73.2. The first kappa shape index (κ1) is 87.1. The molecule has 0 amide bonds. The van der Waals surface area contributed by atoms with Crippen molar-refractivity contribution in [1.82, 2.24) is 0 Å². The van der Waals surface area contributed by atoms with Gasteiger partial charge in [-0.05, 0) is 0 Å². The van der Waals surface area contributed by atoms with E-state index >= 15 is 0 Å². The number of rotatable bonds is 22. The fourth-order valence-electron chi connectivity index (χ4n) is 13.4. The van der Waals surface area contributed by atoms with Crippen LogP contribution in [0, 0.1) is 73.6 Å². The van der Waals surface area contributed by atoms with Gasteiger partial charge in [-0.2, -0.15) is 0 Å². The predicted molar refractivity (Wildman–Crippen MR) is 431 cm³/mol. The van der Waals surface area contributed by atoms with Crippen LogP contribution in [0.5, 0.6) is 0 Å². The van der Waals surface area contributed by atoms with Crippen LogP contribution in [0.2, 0.25) is 86.4 Å². The van der Waals surface area contributed by atoms with Crippen molar-refractivity contribution < 1.29 is 0 Å². The maximum atomic E-state index is 2.56. The van der Waals surface area contributed by atoms with Crippen LogP contribution in [0.3, 0.4) is 0 Å². The van der Waals surface area contributed by atoms with E-state index in [9.17, 15) is 0 Å². The summed E-state index contributed by atoms with van der Waals surface area (Å²) in [5, 5.41) is 0. The van der Waals surface area contributed by atoms with Crippen molar-refractivity contribution in [3.8, 4) is 0 Å². The summed E-state index contributed by atoms with van der Waals surface area (Å²) in [6.07, 6.45) is 14.1. The van der Waals surface area contributed by atoms with Crippen molar-refractivity contribution in [2.75, 3.05) is 0 Å². The molecule has 6 rings (SSSR count). The summed E-state index contributed by atoms with van der Waals surface area (Å²) in [6, 6.07) is 48.1. The van der Waals surface area contributed by atoms with Gasteiger partial charge in [0.15, 0.2) is 0 Å². The maximum absolute atomic E-state index is 2.56. The fraction of sp³-hybridized carbons (Fsp3) is 0.566. The minimum absolute atomic E-state index is 0.498. The van der Waals surface area contributed by atoms with E-state index in [-0.39, 0.29) is 0 Å². The number of unbranched alkanes of at least 4 members (excludes halogenated alkanes) is 5. The second-order valence-electron chi connectivity index (χ2n) is 33.2. The zero-order valence-electron chi connectivity index (χ0n) is 64.3. The molecule has 0 unspecified atom stereocenters. The molecule has 0 N–H and O–H groups in total. The second-order valence-corrected chi connectivity index (χ2v) is 117. The van der Waals surface area contributed by atoms with Crippen molar-refractivity contribution in [2.24, 2.45) is 11.3 Å². The Morgan fingerprint density at radius 1 is 0.348 bits per heavy atom. The summed E-state index contributed by atoms with van der Waals surface area (Å²) in [4.78, 5) is 32.5. The van der Waals surface area contributed by atoms with E-state index < -0.39 is 110 Å². The molecule has 0 nitrogen and oxygen atoms in total. The van der Waals surface area contributed by atoms with Crippen LogP contribution >= 0.6 is 0 Å². The van der Waals surface area contributed by atoms with Crippen molar-refractivity contribution in [1.29, 1.82) is 0 Å². The molecule has 0 aromatic heterocycles. The van der Waals surface area contributed by atoms with Gasteiger partial charge in [-0.25, -0.2) is 0 Å². The molecule has 0 heterocycles. The van der Waals surface area contributed by atoms with Crippen LogP contribution in [0.1, 0.15) is 170 Å². The van der Waals surface area contributed by atoms with Gasteiger partial charge in [0.25, 0.3) is 0 Å². The van der Waals surface area contributed by atoms with Gasteiger partial charge in [0, 0.05) is 0 Å². The topological polar surface area (TPSA) is 0 Å². The Balaban J connectivity index is 0.000000543. The third kappa shape index (κ3) is 34.3. The molecular weight excluding hydrogens is 1710 g/mol. The molecule has 0 aliphatic heterocycles. The Hall–Kier alpha value is 0.112. The molecule has 0 fully saturated rings. The molecule has 0 radical (unpaired) electrons. The molecule has 6 aromatic carbocycles. The Kier molecular flexibility index (Phi) is 41.2. The average molecular weight is 1850 g/mol. The molecular formula is C83H142Sn6. The normalized spacial score (nSPS) is 12.0. The van der Waals surface area contributed by atoms with Crippen molar-refractivity contribution in [2.45, 2.75) is 268 Å².